The zero-order chi connectivity index (χ0) is 22.0. The Morgan fingerprint density at radius 2 is 1.93 bits per heavy atom. The minimum atomic E-state index is -3.70. The Bertz CT molecular complexity index is 749. The van der Waals surface area contributed by atoms with Crippen LogP contribution < -0.4 is 4.74 Å². The van der Waals surface area contributed by atoms with Crippen molar-refractivity contribution in [2.24, 2.45) is 0 Å². The third-order valence-corrected chi connectivity index (χ3v) is 8.04. The number of sulfonamides is 1. The molecule has 1 aromatic rings. The molecule has 1 aliphatic rings. The second kappa shape index (κ2) is 12.7. The highest BCUT2D eigenvalue weighted by Crippen LogP contribution is 2.23. The predicted octanol–water partition coefficient (Wildman–Crippen LogP) is 2.86. The summed E-state index contributed by atoms with van der Waals surface area (Å²) < 4.78 is 39.4. The van der Waals surface area contributed by atoms with E-state index < -0.39 is 10.0 Å². The predicted molar refractivity (Wildman–Crippen MR) is 121 cm³/mol. The van der Waals surface area contributed by atoms with E-state index in [9.17, 15) is 13.2 Å². The van der Waals surface area contributed by atoms with Gasteiger partial charge in [0.05, 0.1) is 24.7 Å². The first-order valence-electron chi connectivity index (χ1n) is 10.5. The van der Waals surface area contributed by atoms with Gasteiger partial charge in [0.2, 0.25) is 10.0 Å². The highest BCUT2D eigenvalue weighted by molar-refractivity contribution is 8.13. The monoisotopic (exact) mass is 458 g/mol. The molecule has 0 N–H and O–H groups in total. The molecule has 0 unspecified atom stereocenters. The van der Waals surface area contributed by atoms with Gasteiger partial charge in [0.1, 0.15) is 5.75 Å². The lowest BCUT2D eigenvalue weighted by Crippen LogP contribution is -2.46. The van der Waals surface area contributed by atoms with Gasteiger partial charge >= 0.3 is 0 Å². The number of nitrogens with zero attached hydrogens (tertiary/aromatic N) is 2. The minimum Gasteiger partial charge on any atom is -0.494 e. The van der Waals surface area contributed by atoms with Gasteiger partial charge in [-0.3, -0.25) is 9.69 Å². The summed E-state index contributed by atoms with van der Waals surface area (Å²) in [5.74, 6) is 1.10. The normalized spacial score (nSPS) is 16.5. The maximum atomic E-state index is 13.4. The first-order valence-corrected chi connectivity index (χ1v) is 12.9. The van der Waals surface area contributed by atoms with Crippen molar-refractivity contribution in [3.63, 3.8) is 0 Å². The number of carbonyl (C=O) groups is 1. The third kappa shape index (κ3) is 7.85. The molecule has 1 fully saturated rings. The SMILES string of the molecule is CCCCOc1ccc(S(=O)(=O)N(CCN2CCOCC2)[C@@H](C)CSC(C)=O)cc1. The van der Waals surface area contributed by atoms with Gasteiger partial charge in [0, 0.05) is 44.9 Å². The molecular weight excluding hydrogens is 424 g/mol. The molecule has 0 bridgehead atoms. The smallest absolute Gasteiger partial charge is 0.243 e. The van der Waals surface area contributed by atoms with E-state index in [0.717, 1.165) is 37.7 Å². The maximum absolute atomic E-state index is 13.4. The van der Waals surface area contributed by atoms with E-state index >= 15 is 0 Å². The van der Waals surface area contributed by atoms with E-state index in [-0.39, 0.29) is 16.1 Å². The minimum absolute atomic E-state index is 0.0130. The molecule has 0 aromatic heterocycles. The van der Waals surface area contributed by atoms with Gasteiger partial charge in [-0.15, -0.1) is 0 Å². The largest absolute Gasteiger partial charge is 0.494 e. The summed E-state index contributed by atoms with van der Waals surface area (Å²) in [6.45, 7) is 10.0. The van der Waals surface area contributed by atoms with Crippen LogP contribution in [-0.4, -0.2) is 80.5 Å². The van der Waals surface area contributed by atoms with Crippen molar-refractivity contribution in [2.75, 3.05) is 51.8 Å². The maximum Gasteiger partial charge on any atom is 0.243 e. The molecule has 1 heterocycles. The summed E-state index contributed by atoms with van der Waals surface area (Å²) in [5.41, 5.74) is 0. The molecule has 1 aliphatic heterocycles. The molecule has 7 nitrogen and oxygen atoms in total. The fourth-order valence-corrected chi connectivity index (χ4v) is 5.51. The van der Waals surface area contributed by atoms with Crippen molar-refractivity contribution >= 4 is 26.9 Å². The number of unbranched alkanes of at least 4 members (excludes halogenated alkanes) is 1. The number of hydrogen-bond donors (Lipinski definition) is 0. The molecular formula is C21H34N2O5S2. The lowest BCUT2D eigenvalue weighted by molar-refractivity contribution is -0.109. The second-order valence-corrected chi connectivity index (χ2v) is 10.5. The number of thioether (sulfide) groups is 1. The van der Waals surface area contributed by atoms with Gasteiger partial charge in [-0.25, -0.2) is 8.42 Å². The quantitative estimate of drug-likeness (QED) is 0.446. The van der Waals surface area contributed by atoms with Crippen molar-refractivity contribution in [3.05, 3.63) is 24.3 Å². The van der Waals surface area contributed by atoms with Crippen LogP contribution in [0.4, 0.5) is 0 Å². The van der Waals surface area contributed by atoms with Crippen molar-refractivity contribution in [3.8, 4) is 5.75 Å². The van der Waals surface area contributed by atoms with Gasteiger partial charge in [-0.05, 0) is 37.6 Å². The Kier molecular flexibility index (Phi) is 10.6. The highest BCUT2D eigenvalue weighted by atomic mass is 32.2. The molecule has 0 amide bonds. The zero-order valence-electron chi connectivity index (χ0n) is 18.2. The molecule has 2 rings (SSSR count). The molecule has 1 atom stereocenters. The van der Waals surface area contributed by atoms with E-state index in [1.54, 1.807) is 24.3 Å². The van der Waals surface area contributed by atoms with Crippen molar-refractivity contribution in [1.82, 2.24) is 9.21 Å². The van der Waals surface area contributed by atoms with Crippen LogP contribution in [0.5, 0.6) is 5.75 Å². The van der Waals surface area contributed by atoms with Crippen LogP contribution in [0.1, 0.15) is 33.6 Å². The number of rotatable bonds is 12. The van der Waals surface area contributed by atoms with Gasteiger partial charge in [-0.1, -0.05) is 25.1 Å². The van der Waals surface area contributed by atoms with Gasteiger partial charge in [0.25, 0.3) is 0 Å². The van der Waals surface area contributed by atoms with Crippen molar-refractivity contribution in [2.45, 2.75) is 44.6 Å². The molecule has 1 saturated heterocycles. The first-order chi connectivity index (χ1) is 14.3. The van der Waals surface area contributed by atoms with Crippen LogP contribution in [-0.2, 0) is 19.6 Å². The fraction of sp³-hybridized carbons (Fsp3) is 0.667. The Hall–Kier alpha value is -1.13. The van der Waals surface area contributed by atoms with Gasteiger partial charge in [-0.2, -0.15) is 4.31 Å². The van der Waals surface area contributed by atoms with Crippen LogP contribution in [0.2, 0.25) is 0 Å². The summed E-state index contributed by atoms with van der Waals surface area (Å²) in [6.07, 6.45) is 2.00. The van der Waals surface area contributed by atoms with Crippen LogP contribution in [0.3, 0.4) is 0 Å². The van der Waals surface area contributed by atoms with Crippen LogP contribution in [0, 0.1) is 0 Å². The third-order valence-electron chi connectivity index (χ3n) is 4.96. The topological polar surface area (TPSA) is 76.2 Å². The van der Waals surface area contributed by atoms with Crippen LogP contribution in [0.25, 0.3) is 0 Å². The van der Waals surface area contributed by atoms with E-state index in [1.165, 1.54) is 11.2 Å². The highest BCUT2D eigenvalue weighted by Gasteiger charge is 2.30. The standard InChI is InChI=1S/C21H34N2O5S2/c1-4-5-14-28-20-6-8-21(9-7-20)30(25,26)23(18(2)17-29-19(3)24)11-10-22-12-15-27-16-13-22/h6-9,18H,4-5,10-17H2,1-3H3/t18-/m0/s1. The summed E-state index contributed by atoms with van der Waals surface area (Å²) in [7, 11) is -3.70. The van der Waals surface area contributed by atoms with Crippen LogP contribution in [0.15, 0.2) is 29.2 Å². The average Bonchev–Trinajstić information content (AvgIpc) is 2.73. The summed E-state index contributed by atoms with van der Waals surface area (Å²) in [6, 6.07) is 6.31. The molecule has 1 aromatic carbocycles. The Morgan fingerprint density at radius 3 is 2.53 bits per heavy atom. The molecule has 0 spiro atoms. The number of hydrogen-bond acceptors (Lipinski definition) is 7. The van der Waals surface area contributed by atoms with E-state index in [1.807, 2.05) is 6.92 Å². The van der Waals surface area contributed by atoms with Gasteiger partial charge in [0.15, 0.2) is 5.12 Å². The number of ether oxygens (including phenoxy) is 2. The molecule has 30 heavy (non-hydrogen) atoms. The molecule has 170 valence electrons. The molecule has 0 saturated carbocycles. The Morgan fingerprint density at radius 1 is 1.27 bits per heavy atom. The van der Waals surface area contributed by atoms with Crippen LogP contribution >= 0.6 is 11.8 Å². The second-order valence-electron chi connectivity index (χ2n) is 7.39. The zero-order valence-corrected chi connectivity index (χ0v) is 19.8. The van der Waals surface area contributed by atoms with Crippen molar-refractivity contribution < 1.29 is 22.7 Å². The lowest BCUT2D eigenvalue weighted by atomic mass is 10.3. The number of carbonyl (C=O) groups excluding carboxylic acids is 1. The molecule has 0 aliphatic carbocycles. The Balaban J connectivity index is 2.13. The van der Waals surface area contributed by atoms with Crippen molar-refractivity contribution in [1.29, 1.82) is 0 Å². The van der Waals surface area contributed by atoms with E-state index in [2.05, 4.69) is 11.8 Å². The first kappa shape index (κ1) is 25.1. The Labute approximate surface area is 185 Å². The van der Waals surface area contributed by atoms with Gasteiger partial charge < -0.3 is 9.47 Å². The average molecular weight is 459 g/mol. The van der Waals surface area contributed by atoms with E-state index in [4.69, 9.17) is 9.47 Å². The lowest BCUT2D eigenvalue weighted by Gasteiger charge is -2.32. The fourth-order valence-electron chi connectivity index (χ4n) is 3.14. The number of benzene rings is 1. The van der Waals surface area contributed by atoms with E-state index in [0.29, 0.717) is 44.4 Å². The summed E-state index contributed by atoms with van der Waals surface area (Å²) in [5, 5.41) is -0.0130. The summed E-state index contributed by atoms with van der Waals surface area (Å²) in [4.78, 5) is 13.9. The molecule has 9 heteroatoms. The molecule has 0 radical (unpaired) electrons. The summed E-state index contributed by atoms with van der Waals surface area (Å²) >= 11 is 1.16. The number of morpholine rings is 1.